The summed E-state index contributed by atoms with van der Waals surface area (Å²) in [5.41, 5.74) is 1.75. The van der Waals surface area contributed by atoms with Crippen molar-refractivity contribution in [3.05, 3.63) is 54.1 Å². The molecule has 35 heavy (non-hydrogen) atoms. The fourth-order valence-corrected chi connectivity index (χ4v) is 5.14. The van der Waals surface area contributed by atoms with Gasteiger partial charge in [0.05, 0.1) is 24.0 Å². The van der Waals surface area contributed by atoms with Crippen molar-refractivity contribution in [2.75, 3.05) is 17.7 Å². The van der Waals surface area contributed by atoms with Crippen molar-refractivity contribution < 1.29 is 14.6 Å². The minimum absolute atomic E-state index is 0.0341. The van der Waals surface area contributed by atoms with Gasteiger partial charge < -0.3 is 25.2 Å². The average Bonchev–Trinajstić information content (AvgIpc) is 3.26. The molecule has 1 aromatic carbocycles. The van der Waals surface area contributed by atoms with Crippen LogP contribution in [0.25, 0.3) is 10.2 Å². The number of thiazole rings is 1. The number of pyridine rings is 1. The third kappa shape index (κ3) is 5.60. The highest BCUT2D eigenvalue weighted by Crippen LogP contribution is 2.37. The van der Waals surface area contributed by atoms with Gasteiger partial charge in [0.25, 0.3) is 0 Å². The van der Waals surface area contributed by atoms with Gasteiger partial charge in [0.2, 0.25) is 0 Å². The van der Waals surface area contributed by atoms with Gasteiger partial charge >= 0.3 is 0 Å². The number of aliphatic hydroxyl groups is 1. The molecule has 0 amide bonds. The van der Waals surface area contributed by atoms with Gasteiger partial charge in [-0.05, 0) is 49.6 Å². The van der Waals surface area contributed by atoms with Gasteiger partial charge in [0.1, 0.15) is 41.1 Å². The Morgan fingerprint density at radius 2 is 1.91 bits per heavy atom. The largest absolute Gasteiger partial charge is 0.494 e. The third-order valence-corrected chi connectivity index (χ3v) is 6.89. The number of rotatable bonds is 8. The summed E-state index contributed by atoms with van der Waals surface area (Å²) in [5.74, 6) is 3.41. The lowest BCUT2D eigenvalue weighted by Crippen LogP contribution is -2.36. The second-order valence-electron chi connectivity index (χ2n) is 8.55. The zero-order valence-electron chi connectivity index (χ0n) is 19.7. The molecule has 182 valence electrons. The number of aryl methyl sites for hydroxylation is 1. The highest BCUT2D eigenvalue weighted by Gasteiger charge is 2.24. The Balaban J connectivity index is 1.29. The Labute approximate surface area is 207 Å². The van der Waals surface area contributed by atoms with Crippen molar-refractivity contribution >= 4 is 38.3 Å². The molecule has 10 heteroatoms. The summed E-state index contributed by atoms with van der Waals surface area (Å²) in [5, 5.41) is 17.7. The van der Waals surface area contributed by atoms with Crippen LogP contribution in [0.1, 0.15) is 37.1 Å². The number of hydrogen-bond acceptors (Lipinski definition) is 10. The van der Waals surface area contributed by atoms with Crippen LogP contribution < -0.4 is 20.1 Å². The lowest BCUT2D eigenvalue weighted by atomic mass is 9.93. The van der Waals surface area contributed by atoms with Crippen LogP contribution in [0.15, 0.2) is 42.7 Å². The van der Waals surface area contributed by atoms with Gasteiger partial charge in [-0.2, -0.15) is 0 Å². The van der Waals surface area contributed by atoms with Gasteiger partial charge in [0.15, 0.2) is 5.13 Å². The van der Waals surface area contributed by atoms with Crippen molar-refractivity contribution in [1.82, 2.24) is 19.9 Å². The maximum Gasteiger partial charge on any atom is 0.184 e. The quantitative estimate of drug-likeness (QED) is 0.318. The standard InChI is InChI=1S/C25H28N6O3S/c1-15-26-10-8-22(28-15)30-23-11-16(7-9-27-23)14-34-17-12-20(33-2)24-21(13-17)35-25(31-24)29-18-5-3-4-6-19(18)32/h7-13,18-19,32H,3-6,14H2,1-2H3,(H,29,31)(H,26,27,28,30)/t18-,19-/m0/s1. The smallest absolute Gasteiger partial charge is 0.184 e. The van der Waals surface area contributed by atoms with E-state index in [1.54, 1.807) is 25.6 Å². The Hall–Kier alpha value is -3.50. The van der Waals surface area contributed by atoms with E-state index < -0.39 is 0 Å². The van der Waals surface area contributed by atoms with Crippen LogP contribution in [0.2, 0.25) is 0 Å². The Morgan fingerprint density at radius 3 is 2.74 bits per heavy atom. The van der Waals surface area contributed by atoms with Crippen LogP contribution in [0.3, 0.4) is 0 Å². The minimum Gasteiger partial charge on any atom is -0.494 e. The monoisotopic (exact) mass is 492 g/mol. The summed E-state index contributed by atoms with van der Waals surface area (Å²) < 4.78 is 12.7. The highest BCUT2D eigenvalue weighted by atomic mass is 32.1. The normalized spacial score (nSPS) is 17.8. The van der Waals surface area contributed by atoms with E-state index in [1.807, 2.05) is 31.2 Å². The Morgan fingerprint density at radius 1 is 1.06 bits per heavy atom. The molecule has 0 spiro atoms. The molecule has 2 atom stereocenters. The van der Waals surface area contributed by atoms with E-state index in [4.69, 9.17) is 14.5 Å². The number of hydrogen-bond donors (Lipinski definition) is 3. The number of methoxy groups -OCH3 is 1. The van der Waals surface area contributed by atoms with E-state index in [-0.39, 0.29) is 12.1 Å². The Kier molecular flexibility index (Phi) is 6.91. The molecular weight excluding hydrogens is 464 g/mol. The number of fused-ring (bicyclic) bond motifs is 1. The predicted octanol–water partition coefficient (Wildman–Crippen LogP) is 4.84. The van der Waals surface area contributed by atoms with Gasteiger partial charge in [-0.15, -0.1) is 0 Å². The second-order valence-corrected chi connectivity index (χ2v) is 9.58. The van der Waals surface area contributed by atoms with E-state index in [1.165, 1.54) is 11.3 Å². The van der Waals surface area contributed by atoms with E-state index in [2.05, 4.69) is 25.6 Å². The SMILES string of the molecule is COc1cc(OCc2ccnc(Nc3ccnc(C)n3)c2)cc2sc(N[C@H]3CCCC[C@@H]3O)nc12. The summed E-state index contributed by atoms with van der Waals surface area (Å²) >= 11 is 1.54. The number of aromatic nitrogens is 4. The molecule has 3 heterocycles. The first-order valence-electron chi connectivity index (χ1n) is 11.6. The van der Waals surface area contributed by atoms with E-state index in [0.29, 0.717) is 35.6 Å². The van der Waals surface area contributed by atoms with Crippen molar-refractivity contribution in [1.29, 1.82) is 0 Å². The topological polar surface area (TPSA) is 114 Å². The molecule has 0 unspecified atom stereocenters. The number of nitrogens with zero attached hydrogens (tertiary/aromatic N) is 4. The lowest BCUT2D eigenvalue weighted by Gasteiger charge is -2.27. The molecule has 3 aromatic heterocycles. The summed E-state index contributed by atoms with van der Waals surface area (Å²) in [6, 6.07) is 9.50. The fourth-order valence-electron chi connectivity index (χ4n) is 4.17. The van der Waals surface area contributed by atoms with Crippen LogP contribution >= 0.6 is 11.3 Å². The molecule has 3 N–H and O–H groups in total. The number of aliphatic hydroxyl groups excluding tert-OH is 1. The second kappa shape index (κ2) is 10.4. The number of ether oxygens (including phenoxy) is 2. The zero-order chi connectivity index (χ0) is 24.2. The van der Waals surface area contributed by atoms with Crippen molar-refractivity contribution in [3.63, 3.8) is 0 Å². The molecule has 0 aliphatic heterocycles. The molecule has 4 aromatic rings. The van der Waals surface area contributed by atoms with E-state index in [0.717, 1.165) is 46.6 Å². The van der Waals surface area contributed by atoms with E-state index >= 15 is 0 Å². The molecule has 1 saturated carbocycles. The molecule has 0 radical (unpaired) electrons. The van der Waals surface area contributed by atoms with Gasteiger partial charge in [-0.25, -0.2) is 19.9 Å². The van der Waals surface area contributed by atoms with Gasteiger partial charge in [-0.1, -0.05) is 24.2 Å². The van der Waals surface area contributed by atoms with Crippen molar-refractivity contribution in [2.45, 2.75) is 51.4 Å². The fraction of sp³-hybridized carbons (Fsp3) is 0.360. The molecular formula is C25H28N6O3S. The molecule has 1 aliphatic rings. The molecule has 0 bridgehead atoms. The summed E-state index contributed by atoms with van der Waals surface area (Å²) in [6.07, 6.45) is 7.07. The van der Waals surface area contributed by atoms with Crippen LogP contribution in [0.5, 0.6) is 11.5 Å². The van der Waals surface area contributed by atoms with Crippen molar-refractivity contribution in [3.8, 4) is 11.5 Å². The van der Waals surface area contributed by atoms with E-state index in [9.17, 15) is 5.11 Å². The van der Waals surface area contributed by atoms with Crippen molar-refractivity contribution in [2.24, 2.45) is 0 Å². The van der Waals surface area contributed by atoms with Crippen LogP contribution in [-0.2, 0) is 6.61 Å². The van der Waals surface area contributed by atoms with Crippen LogP contribution in [0.4, 0.5) is 16.8 Å². The molecule has 5 rings (SSSR count). The maximum atomic E-state index is 10.3. The average molecular weight is 493 g/mol. The van der Waals surface area contributed by atoms with Gasteiger partial charge in [0, 0.05) is 18.5 Å². The first-order chi connectivity index (χ1) is 17.1. The number of anilines is 3. The molecule has 0 saturated heterocycles. The zero-order valence-corrected chi connectivity index (χ0v) is 20.5. The molecule has 1 fully saturated rings. The maximum absolute atomic E-state index is 10.3. The predicted molar refractivity (Wildman–Crippen MR) is 137 cm³/mol. The van der Waals surface area contributed by atoms with Crippen LogP contribution in [0, 0.1) is 6.92 Å². The van der Waals surface area contributed by atoms with Gasteiger partial charge in [-0.3, -0.25) is 0 Å². The Bertz CT molecular complexity index is 1310. The minimum atomic E-state index is -0.338. The summed E-state index contributed by atoms with van der Waals surface area (Å²) in [4.78, 5) is 17.5. The lowest BCUT2D eigenvalue weighted by molar-refractivity contribution is 0.116. The summed E-state index contributed by atoms with van der Waals surface area (Å²) in [6.45, 7) is 2.21. The third-order valence-electron chi connectivity index (χ3n) is 5.95. The molecule has 9 nitrogen and oxygen atoms in total. The number of nitrogens with one attached hydrogen (secondary N) is 2. The summed E-state index contributed by atoms with van der Waals surface area (Å²) in [7, 11) is 1.63. The first kappa shape index (κ1) is 23.3. The van der Waals surface area contributed by atoms with Crippen LogP contribution in [-0.4, -0.2) is 44.3 Å². The highest BCUT2D eigenvalue weighted by molar-refractivity contribution is 7.22. The number of benzene rings is 1. The first-order valence-corrected chi connectivity index (χ1v) is 12.5. The molecule has 1 aliphatic carbocycles.